The molecule has 0 radical (unpaired) electrons. The summed E-state index contributed by atoms with van der Waals surface area (Å²) in [4.78, 5) is 37.1. The highest BCUT2D eigenvalue weighted by molar-refractivity contribution is 6.21. The van der Waals surface area contributed by atoms with Crippen LogP contribution in [0.1, 0.15) is 66.2 Å². The van der Waals surface area contributed by atoms with E-state index in [1.165, 1.54) is 4.90 Å². The van der Waals surface area contributed by atoms with Crippen LogP contribution in [0.5, 0.6) is 0 Å². The molecule has 1 aromatic carbocycles. The molecule has 2 amide bonds. The maximum absolute atomic E-state index is 12.2. The van der Waals surface area contributed by atoms with Crippen molar-refractivity contribution in [2.24, 2.45) is 0 Å². The SMILES string of the molecule is CCCCOC(=O)CCCCCN1C(=O)c2ccccc2C1=O. The molecule has 1 aliphatic heterocycles. The van der Waals surface area contributed by atoms with Crippen LogP contribution in [0.25, 0.3) is 0 Å². The van der Waals surface area contributed by atoms with Crippen LogP contribution in [-0.4, -0.2) is 35.8 Å². The van der Waals surface area contributed by atoms with Gasteiger partial charge in [-0.05, 0) is 31.4 Å². The van der Waals surface area contributed by atoms with E-state index in [1.54, 1.807) is 24.3 Å². The first-order valence-electron chi connectivity index (χ1n) is 8.26. The molecule has 5 nitrogen and oxygen atoms in total. The minimum absolute atomic E-state index is 0.167. The van der Waals surface area contributed by atoms with E-state index < -0.39 is 0 Å². The second kappa shape index (κ2) is 8.46. The Hall–Kier alpha value is -2.17. The minimum Gasteiger partial charge on any atom is -0.466 e. The molecular formula is C18H23NO4. The number of rotatable bonds is 9. The zero-order valence-corrected chi connectivity index (χ0v) is 13.5. The molecule has 0 unspecified atom stereocenters. The van der Waals surface area contributed by atoms with Gasteiger partial charge in [-0.15, -0.1) is 0 Å². The summed E-state index contributed by atoms with van der Waals surface area (Å²) in [5, 5.41) is 0. The Morgan fingerprint density at radius 1 is 1.00 bits per heavy atom. The van der Waals surface area contributed by atoms with Gasteiger partial charge >= 0.3 is 5.97 Å². The molecule has 1 aliphatic rings. The fraction of sp³-hybridized carbons (Fsp3) is 0.500. The Morgan fingerprint density at radius 3 is 2.26 bits per heavy atom. The Kier molecular flexibility index (Phi) is 6.32. The minimum atomic E-state index is -0.218. The maximum Gasteiger partial charge on any atom is 0.305 e. The first-order valence-corrected chi connectivity index (χ1v) is 8.26. The molecule has 0 saturated carbocycles. The fourth-order valence-corrected chi connectivity index (χ4v) is 2.56. The van der Waals surface area contributed by atoms with Crippen molar-refractivity contribution in [2.75, 3.05) is 13.2 Å². The van der Waals surface area contributed by atoms with Gasteiger partial charge in [0.05, 0.1) is 17.7 Å². The van der Waals surface area contributed by atoms with Crippen LogP contribution in [0.3, 0.4) is 0 Å². The molecule has 5 heteroatoms. The van der Waals surface area contributed by atoms with Crippen molar-refractivity contribution < 1.29 is 19.1 Å². The summed E-state index contributed by atoms with van der Waals surface area (Å²) < 4.78 is 5.08. The van der Waals surface area contributed by atoms with Gasteiger partial charge < -0.3 is 4.74 Å². The molecule has 0 spiro atoms. The van der Waals surface area contributed by atoms with Gasteiger partial charge in [0.1, 0.15) is 0 Å². The van der Waals surface area contributed by atoms with E-state index in [9.17, 15) is 14.4 Å². The highest BCUT2D eigenvalue weighted by Crippen LogP contribution is 2.22. The number of fused-ring (bicyclic) bond motifs is 1. The maximum atomic E-state index is 12.2. The number of benzene rings is 1. The summed E-state index contributed by atoms with van der Waals surface area (Å²) in [5.41, 5.74) is 0.967. The van der Waals surface area contributed by atoms with Crippen molar-refractivity contribution in [1.82, 2.24) is 4.90 Å². The van der Waals surface area contributed by atoms with Crippen molar-refractivity contribution in [2.45, 2.75) is 45.4 Å². The quantitative estimate of drug-likeness (QED) is 0.398. The number of unbranched alkanes of at least 4 members (excludes halogenated alkanes) is 3. The molecule has 0 N–H and O–H groups in total. The number of imide groups is 1. The van der Waals surface area contributed by atoms with Crippen LogP contribution in [0, 0.1) is 0 Å². The van der Waals surface area contributed by atoms with Gasteiger partial charge in [0.25, 0.3) is 11.8 Å². The second-order valence-electron chi connectivity index (χ2n) is 5.69. The molecule has 0 bridgehead atoms. The van der Waals surface area contributed by atoms with Gasteiger partial charge in [-0.1, -0.05) is 31.9 Å². The predicted molar refractivity (Wildman–Crippen MR) is 86.1 cm³/mol. The zero-order chi connectivity index (χ0) is 16.7. The van der Waals surface area contributed by atoms with E-state index in [4.69, 9.17) is 4.74 Å². The van der Waals surface area contributed by atoms with E-state index in [-0.39, 0.29) is 17.8 Å². The van der Waals surface area contributed by atoms with Crippen molar-refractivity contribution in [3.05, 3.63) is 35.4 Å². The molecule has 1 heterocycles. The van der Waals surface area contributed by atoms with E-state index in [1.807, 2.05) is 6.92 Å². The lowest BCUT2D eigenvalue weighted by Gasteiger charge is -2.13. The summed E-state index contributed by atoms with van der Waals surface area (Å²) in [5.74, 6) is -0.603. The number of ether oxygens (including phenoxy) is 1. The molecule has 2 rings (SSSR count). The number of carbonyl (C=O) groups excluding carboxylic acids is 3. The first kappa shape index (κ1) is 17.2. The topological polar surface area (TPSA) is 63.7 Å². The average molecular weight is 317 g/mol. The number of hydrogen-bond acceptors (Lipinski definition) is 4. The molecule has 0 aromatic heterocycles. The van der Waals surface area contributed by atoms with Crippen LogP contribution in [0.4, 0.5) is 0 Å². The molecule has 0 atom stereocenters. The molecule has 0 aliphatic carbocycles. The number of nitrogens with zero attached hydrogens (tertiary/aromatic N) is 1. The van der Waals surface area contributed by atoms with Crippen molar-refractivity contribution in [3.63, 3.8) is 0 Å². The van der Waals surface area contributed by atoms with Crippen LogP contribution in [0.2, 0.25) is 0 Å². The number of amides is 2. The first-order chi connectivity index (χ1) is 11.1. The highest BCUT2D eigenvalue weighted by atomic mass is 16.5. The summed E-state index contributed by atoms with van der Waals surface area (Å²) in [6.45, 7) is 2.94. The smallest absolute Gasteiger partial charge is 0.305 e. The van der Waals surface area contributed by atoms with Gasteiger partial charge in [-0.2, -0.15) is 0 Å². The standard InChI is InChI=1S/C18H23NO4/c1-2-3-13-23-16(20)11-5-4-8-12-19-17(21)14-9-6-7-10-15(14)18(19)22/h6-7,9-10H,2-5,8,11-13H2,1H3. The summed E-state index contributed by atoms with van der Waals surface area (Å²) in [7, 11) is 0. The third-order valence-electron chi connectivity index (χ3n) is 3.90. The Bertz CT molecular complexity index is 547. The number of hydrogen-bond donors (Lipinski definition) is 0. The van der Waals surface area contributed by atoms with E-state index in [0.29, 0.717) is 43.5 Å². The van der Waals surface area contributed by atoms with Crippen molar-refractivity contribution in [1.29, 1.82) is 0 Å². The lowest BCUT2D eigenvalue weighted by molar-refractivity contribution is -0.143. The number of carbonyl (C=O) groups is 3. The summed E-state index contributed by atoms with van der Waals surface area (Å²) >= 11 is 0. The number of esters is 1. The molecular weight excluding hydrogens is 294 g/mol. The van der Waals surface area contributed by atoms with E-state index >= 15 is 0 Å². The lowest BCUT2D eigenvalue weighted by atomic mass is 10.1. The van der Waals surface area contributed by atoms with Crippen molar-refractivity contribution in [3.8, 4) is 0 Å². The van der Waals surface area contributed by atoms with Crippen molar-refractivity contribution >= 4 is 17.8 Å². The molecule has 124 valence electrons. The average Bonchev–Trinajstić information content (AvgIpc) is 2.80. The van der Waals surface area contributed by atoms with E-state index in [0.717, 1.165) is 19.3 Å². The van der Waals surface area contributed by atoms with Gasteiger partial charge in [-0.25, -0.2) is 0 Å². The van der Waals surface area contributed by atoms with Gasteiger partial charge in [0.2, 0.25) is 0 Å². The lowest BCUT2D eigenvalue weighted by Crippen LogP contribution is -2.30. The molecule has 1 aromatic rings. The van der Waals surface area contributed by atoms with Crippen LogP contribution < -0.4 is 0 Å². The van der Waals surface area contributed by atoms with Crippen LogP contribution in [0.15, 0.2) is 24.3 Å². The summed E-state index contributed by atoms with van der Waals surface area (Å²) in [6.07, 6.45) is 4.50. The third-order valence-corrected chi connectivity index (χ3v) is 3.90. The molecule has 0 fully saturated rings. The van der Waals surface area contributed by atoms with Gasteiger partial charge in [0, 0.05) is 13.0 Å². The predicted octanol–water partition coefficient (Wildman–Crippen LogP) is 3.19. The van der Waals surface area contributed by atoms with Gasteiger partial charge in [0.15, 0.2) is 0 Å². The normalized spacial score (nSPS) is 13.3. The third kappa shape index (κ3) is 4.41. The largest absolute Gasteiger partial charge is 0.466 e. The fourth-order valence-electron chi connectivity index (χ4n) is 2.56. The van der Waals surface area contributed by atoms with Crippen LogP contribution in [-0.2, 0) is 9.53 Å². The van der Waals surface area contributed by atoms with E-state index in [2.05, 4.69) is 0 Å². The van der Waals surface area contributed by atoms with Gasteiger partial charge in [-0.3, -0.25) is 19.3 Å². The summed E-state index contributed by atoms with van der Waals surface area (Å²) in [6, 6.07) is 6.89. The molecule has 0 saturated heterocycles. The Balaban J connectivity index is 1.67. The Labute approximate surface area is 136 Å². The highest BCUT2D eigenvalue weighted by Gasteiger charge is 2.34. The molecule has 23 heavy (non-hydrogen) atoms. The second-order valence-corrected chi connectivity index (χ2v) is 5.69. The zero-order valence-electron chi connectivity index (χ0n) is 13.5. The monoisotopic (exact) mass is 317 g/mol. The Morgan fingerprint density at radius 2 is 1.65 bits per heavy atom. The van der Waals surface area contributed by atoms with Crippen LogP contribution >= 0.6 is 0 Å².